The first-order valence-corrected chi connectivity index (χ1v) is 7.96. The third kappa shape index (κ3) is 3.72. The lowest BCUT2D eigenvalue weighted by Crippen LogP contribution is -2.47. The molecule has 2 fully saturated rings. The van der Waals surface area contributed by atoms with Gasteiger partial charge in [-0.05, 0) is 31.4 Å². The van der Waals surface area contributed by atoms with Crippen LogP contribution in [0.25, 0.3) is 0 Å². The van der Waals surface area contributed by atoms with Crippen LogP contribution in [0.1, 0.15) is 19.3 Å². The van der Waals surface area contributed by atoms with Gasteiger partial charge >= 0.3 is 6.03 Å². The molecule has 1 aliphatic carbocycles. The summed E-state index contributed by atoms with van der Waals surface area (Å²) in [4.78, 5) is 15.8. The number of anilines is 1. The molecule has 1 saturated heterocycles. The fourth-order valence-electron chi connectivity index (χ4n) is 3.04. The Bertz CT molecular complexity index is 580. The maximum Gasteiger partial charge on any atom is 0.318 e. The zero-order valence-electron chi connectivity index (χ0n) is 12.8. The Labute approximate surface area is 133 Å². The Hall–Kier alpha value is -1.89. The van der Waals surface area contributed by atoms with Crippen LogP contribution < -0.4 is 10.2 Å². The molecule has 3 rings (SSSR count). The Balaban J connectivity index is 1.58. The van der Waals surface area contributed by atoms with E-state index in [4.69, 9.17) is 5.11 Å². The van der Waals surface area contributed by atoms with Crippen molar-refractivity contribution in [2.45, 2.75) is 31.3 Å². The topological polar surface area (TPSA) is 55.8 Å². The molecule has 2 aliphatic rings. The largest absolute Gasteiger partial charge is 0.395 e. The van der Waals surface area contributed by atoms with E-state index in [1.165, 1.54) is 12.1 Å². The minimum Gasteiger partial charge on any atom is -0.395 e. The highest BCUT2D eigenvalue weighted by Crippen LogP contribution is 2.27. The normalized spacial score (nSPS) is 20.7. The maximum atomic E-state index is 13.8. The van der Waals surface area contributed by atoms with Gasteiger partial charge in [-0.2, -0.15) is 0 Å². The van der Waals surface area contributed by atoms with E-state index in [9.17, 15) is 13.6 Å². The third-order valence-electron chi connectivity index (χ3n) is 4.36. The van der Waals surface area contributed by atoms with Gasteiger partial charge in [0.15, 0.2) is 0 Å². The lowest BCUT2D eigenvalue weighted by molar-refractivity contribution is 0.171. The molecule has 1 saturated carbocycles. The molecular weight excluding hydrogens is 304 g/mol. The Kier molecular flexibility index (Phi) is 4.66. The molecule has 1 unspecified atom stereocenters. The summed E-state index contributed by atoms with van der Waals surface area (Å²) in [5.74, 6) is -1.18. The summed E-state index contributed by atoms with van der Waals surface area (Å²) < 4.78 is 26.8. The van der Waals surface area contributed by atoms with Gasteiger partial charge in [0.25, 0.3) is 0 Å². The number of amides is 2. The van der Waals surface area contributed by atoms with Crippen LogP contribution in [0.3, 0.4) is 0 Å². The predicted octanol–water partition coefficient (Wildman–Crippen LogP) is 1.71. The molecule has 1 atom stereocenters. The summed E-state index contributed by atoms with van der Waals surface area (Å²) in [7, 11) is 0. The van der Waals surface area contributed by atoms with Gasteiger partial charge in [-0.1, -0.05) is 0 Å². The first-order chi connectivity index (χ1) is 11.1. The lowest BCUT2D eigenvalue weighted by atomic mass is 10.2. The molecule has 0 radical (unpaired) electrons. The second kappa shape index (κ2) is 6.70. The fraction of sp³-hybridized carbons (Fsp3) is 0.562. The van der Waals surface area contributed by atoms with Crippen LogP contribution in [0.4, 0.5) is 19.3 Å². The number of carbonyl (C=O) groups excluding carboxylic acids is 1. The van der Waals surface area contributed by atoms with Crippen LogP contribution >= 0.6 is 0 Å². The van der Waals surface area contributed by atoms with Gasteiger partial charge in [0.1, 0.15) is 11.6 Å². The minimum absolute atomic E-state index is 0.0541. The highest BCUT2D eigenvalue weighted by molar-refractivity contribution is 5.75. The van der Waals surface area contributed by atoms with Gasteiger partial charge in [0.05, 0.1) is 12.3 Å². The third-order valence-corrected chi connectivity index (χ3v) is 4.36. The Morgan fingerprint density at radius 2 is 2.13 bits per heavy atom. The van der Waals surface area contributed by atoms with Crippen LogP contribution in [-0.2, 0) is 0 Å². The fourth-order valence-corrected chi connectivity index (χ4v) is 3.04. The highest BCUT2D eigenvalue weighted by atomic mass is 19.1. The number of rotatable bonds is 5. The van der Waals surface area contributed by atoms with Crippen molar-refractivity contribution in [2.75, 3.05) is 31.1 Å². The molecule has 0 bridgehead atoms. The zero-order chi connectivity index (χ0) is 16.4. The molecule has 126 valence electrons. The van der Waals surface area contributed by atoms with E-state index in [1.54, 1.807) is 4.90 Å². The summed E-state index contributed by atoms with van der Waals surface area (Å²) in [6, 6.07) is 3.52. The van der Waals surface area contributed by atoms with Crippen molar-refractivity contribution in [3.63, 3.8) is 0 Å². The Morgan fingerprint density at radius 3 is 2.78 bits per heavy atom. The molecule has 2 amide bonds. The number of nitrogens with zero attached hydrogens (tertiary/aromatic N) is 2. The van der Waals surface area contributed by atoms with E-state index in [-0.39, 0.29) is 24.7 Å². The number of aliphatic hydroxyl groups excluding tert-OH is 1. The second-order valence-corrected chi connectivity index (χ2v) is 6.13. The SMILES string of the molecule is O=C(NC1CCN(c2ccc(F)cc2F)C1)N(CCO)C1CC1. The molecule has 23 heavy (non-hydrogen) atoms. The molecule has 1 aromatic carbocycles. The number of hydrogen-bond donors (Lipinski definition) is 2. The van der Waals surface area contributed by atoms with Crippen molar-refractivity contribution < 1.29 is 18.7 Å². The van der Waals surface area contributed by atoms with Crippen molar-refractivity contribution in [1.29, 1.82) is 0 Å². The first-order valence-electron chi connectivity index (χ1n) is 7.96. The number of halogens is 2. The van der Waals surface area contributed by atoms with Crippen molar-refractivity contribution in [3.8, 4) is 0 Å². The van der Waals surface area contributed by atoms with E-state index in [2.05, 4.69) is 5.32 Å². The highest BCUT2D eigenvalue weighted by Gasteiger charge is 2.34. The van der Waals surface area contributed by atoms with E-state index in [0.29, 0.717) is 31.7 Å². The lowest BCUT2D eigenvalue weighted by Gasteiger charge is -2.24. The molecule has 5 nitrogen and oxygen atoms in total. The molecule has 1 heterocycles. The van der Waals surface area contributed by atoms with E-state index < -0.39 is 11.6 Å². The standard InChI is InChI=1S/C16H21F2N3O2/c17-11-1-4-15(14(18)9-11)20-6-5-12(10-20)19-16(23)21(7-8-22)13-2-3-13/h1,4,9,12-13,22H,2-3,5-8,10H2,(H,19,23). The van der Waals surface area contributed by atoms with E-state index in [0.717, 1.165) is 18.9 Å². The van der Waals surface area contributed by atoms with Gasteiger partial charge < -0.3 is 20.2 Å². The summed E-state index contributed by atoms with van der Waals surface area (Å²) in [6.45, 7) is 1.38. The summed E-state index contributed by atoms with van der Waals surface area (Å²) in [6.07, 6.45) is 2.66. The van der Waals surface area contributed by atoms with E-state index >= 15 is 0 Å². The quantitative estimate of drug-likeness (QED) is 0.866. The van der Waals surface area contributed by atoms with Gasteiger partial charge in [-0.25, -0.2) is 13.6 Å². The average Bonchev–Trinajstić information content (AvgIpc) is 3.24. The summed E-state index contributed by atoms with van der Waals surface area (Å²) in [5.41, 5.74) is 0.359. The Morgan fingerprint density at radius 1 is 1.35 bits per heavy atom. The van der Waals surface area contributed by atoms with Crippen LogP contribution in [0.5, 0.6) is 0 Å². The molecule has 1 aliphatic heterocycles. The zero-order valence-corrected chi connectivity index (χ0v) is 12.8. The second-order valence-electron chi connectivity index (χ2n) is 6.13. The van der Waals surface area contributed by atoms with Crippen LogP contribution in [0, 0.1) is 11.6 Å². The average molecular weight is 325 g/mol. The maximum absolute atomic E-state index is 13.8. The van der Waals surface area contributed by atoms with Gasteiger partial charge in [0.2, 0.25) is 0 Å². The number of urea groups is 1. The number of aliphatic hydroxyl groups is 1. The number of carbonyl (C=O) groups is 1. The van der Waals surface area contributed by atoms with Crippen molar-refractivity contribution in [2.24, 2.45) is 0 Å². The smallest absolute Gasteiger partial charge is 0.318 e. The first kappa shape index (κ1) is 16.0. The van der Waals surface area contributed by atoms with Crippen molar-refractivity contribution >= 4 is 11.7 Å². The van der Waals surface area contributed by atoms with Crippen molar-refractivity contribution in [3.05, 3.63) is 29.8 Å². The van der Waals surface area contributed by atoms with Gasteiger partial charge in [0, 0.05) is 37.8 Å². The number of benzene rings is 1. The predicted molar refractivity (Wildman–Crippen MR) is 82.3 cm³/mol. The van der Waals surface area contributed by atoms with Crippen molar-refractivity contribution in [1.82, 2.24) is 10.2 Å². The van der Waals surface area contributed by atoms with Crippen LogP contribution in [0.15, 0.2) is 18.2 Å². The molecule has 0 spiro atoms. The molecular formula is C16H21F2N3O2. The summed E-state index contributed by atoms with van der Waals surface area (Å²) >= 11 is 0. The van der Waals surface area contributed by atoms with Gasteiger partial charge in [-0.3, -0.25) is 0 Å². The van der Waals surface area contributed by atoms with E-state index in [1.807, 2.05) is 4.90 Å². The number of nitrogens with one attached hydrogen (secondary N) is 1. The molecule has 2 N–H and O–H groups in total. The monoisotopic (exact) mass is 325 g/mol. The molecule has 7 heteroatoms. The van der Waals surface area contributed by atoms with Gasteiger partial charge in [-0.15, -0.1) is 0 Å². The minimum atomic E-state index is -0.598. The van der Waals surface area contributed by atoms with Crippen LogP contribution in [-0.4, -0.2) is 54.4 Å². The summed E-state index contributed by atoms with van der Waals surface area (Å²) in [5, 5.41) is 12.0. The number of hydrogen-bond acceptors (Lipinski definition) is 3. The molecule has 1 aromatic rings. The molecule has 0 aromatic heterocycles. The van der Waals surface area contributed by atoms with Crippen LogP contribution in [0.2, 0.25) is 0 Å².